The molecule has 20 heavy (non-hydrogen) atoms. The molecule has 7 heteroatoms. The van der Waals surface area contributed by atoms with Crippen LogP contribution in [-0.2, 0) is 14.3 Å². The Labute approximate surface area is 115 Å². The summed E-state index contributed by atoms with van der Waals surface area (Å²) >= 11 is 0. The van der Waals surface area contributed by atoms with Gasteiger partial charge in [-0.1, -0.05) is 30.3 Å². The largest absolute Gasteiger partial charge is 0.479 e. The highest BCUT2D eigenvalue weighted by molar-refractivity contribution is 5.85. The first-order chi connectivity index (χ1) is 9.54. The molecule has 1 aromatic carbocycles. The summed E-state index contributed by atoms with van der Waals surface area (Å²) < 4.78 is 4.63. The number of hydrogen-bond acceptors (Lipinski definition) is 4. The van der Waals surface area contributed by atoms with Gasteiger partial charge < -0.3 is 20.5 Å². The first kappa shape index (κ1) is 15.5. The van der Waals surface area contributed by atoms with Crippen LogP contribution in [0.3, 0.4) is 0 Å². The van der Waals surface area contributed by atoms with Crippen molar-refractivity contribution in [1.29, 1.82) is 0 Å². The normalized spacial score (nSPS) is 11.2. The number of aliphatic carboxylic acids is 1. The van der Waals surface area contributed by atoms with Gasteiger partial charge in [0.05, 0.1) is 6.61 Å². The van der Waals surface area contributed by atoms with Crippen LogP contribution in [0.2, 0.25) is 0 Å². The number of nitrogens with one attached hydrogen (secondary N) is 2. The lowest BCUT2D eigenvalue weighted by Gasteiger charge is -2.15. The van der Waals surface area contributed by atoms with Crippen LogP contribution in [0.25, 0.3) is 0 Å². The Morgan fingerprint density at radius 2 is 1.90 bits per heavy atom. The van der Waals surface area contributed by atoms with E-state index in [4.69, 9.17) is 5.11 Å². The molecule has 0 saturated heterocycles. The van der Waals surface area contributed by atoms with Crippen LogP contribution in [-0.4, -0.2) is 36.2 Å². The number of amides is 2. The van der Waals surface area contributed by atoms with Crippen molar-refractivity contribution >= 4 is 18.0 Å². The lowest BCUT2D eigenvalue weighted by molar-refractivity contribution is -0.141. The lowest BCUT2D eigenvalue weighted by Crippen LogP contribution is -2.43. The Balaban J connectivity index is 2.57. The number of carbonyl (C=O) groups excluding carboxylic acids is 2. The molecule has 1 atom stereocenters. The number of benzene rings is 1. The third-order valence-electron chi connectivity index (χ3n) is 2.35. The number of esters is 1. The van der Waals surface area contributed by atoms with Gasteiger partial charge in [0.2, 0.25) is 0 Å². The number of urea groups is 1. The van der Waals surface area contributed by atoms with Crippen molar-refractivity contribution in [3.63, 3.8) is 0 Å². The molecule has 0 aliphatic rings. The lowest BCUT2D eigenvalue weighted by atomic mass is 10.1. The Hall–Kier alpha value is -2.57. The molecule has 108 valence electrons. The molecule has 0 radical (unpaired) electrons. The average molecular weight is 280 g/mol. The van der Waals surface area contributed by atoms with Crippen molar-refractivity contribution < 1.29 is 24.2 Å². The monoisotopic (exact) mass is 280 g/mol. The maximum absolute atomic E-state index is 11.5. The van der Waals surface area contributed by atoms with Crippen molar-refractivity contribution in [2.24, 2.45) is 0 Å². The summed E-state index contributed by atoms with van der Waals surface area (Å²) in [5.74, 6) is -1.78. The molecule has 1 rings (SSSR count). The summed E-state index contributed by atoms with van der Waals surface area (Å²) in [4.78, 5) is 33.7. The predicted molar refractivity (Wildman–Crippen MR) is 70.0 cm³/mol. The number of carboxylic acids is 1. The van der Waals surface area contributed by atoms with Gasteiger partial charge in [-0.25, -0.2) is 9.59 Å². The van der Waals surface area contributed by atoms with Gasteiger partial charge in [0, 0.05) is 0 Å². The molecule has 2 amide bonds. The van der Waals surface area contributed by atoms with Gasteiger partial charge in [-0.2, -0.15) is 0 Å². The van der Waals surface area contributed by atoms with Gasteiger partial charge in [0.25, 0.3) is 0 Å². The number of carbonyl (C=O) groups is 3. The Kier molecular flexibility index (Phi) is 6.02. The van der Waals surface area contributed by atoms with Crippen LogP contribution in [0.4, 0.5) is 4.79 Å². The van der Waals surface area contributed by atoms with E-state index in [1.165, 1.54) is 0 Å². The number of hydrogen-bond donors (Lipinski definition) is 3. The quantitative estimate of drug-likeness (QED) is 0.664. The molecule has 0 heterocycles. The van der Waals surface area contributed by atoms with Crippen LogP contribution in [0.5, 0.6) is 0 Å². The predicted octanol–water partition coefficient (Wildman–Crippen LogP) is 0.675. The standard InChI is InChI=1S/C13H16N2O5/c1-2-20-10(16)8-14-13(19)15-11(12(17)18)9-6-4-3-5-7-9/h3-7,11H,2,8H2,1H3,(H,17,18)(H2,14,15,19)/t11-/m0/s1. The summed E-state index contributed by atoms with van der Waals surface area (Å²) in [7, 11) is 0. The van der Waals surface area contributed by atoms with Crippen molar-refractivity contribution in [3.05, 3.63) is 35.9 Å². The minimum atomic E-state index is -1.19. The van der Waals surface area contributed by atoms with Crippen molar-refractivity contribution in [3.8, 4) is 0 Å². The van der Waals surface area contributed by atoms with Gasteiger partial charge in [0.15, 0.2) is 6.04 Å². The third-order valence-corrected chi connectivity index (χ3v) is 2.35. The van der Waals surface area contributed by atoms with E-state index in [0.29, 0.717) is 5.56 Å². The first-order valence-electron chi connectivity index (χ1n) is 6.02. The molecule has 0 spiro atoms. The minimum Gasteiger partial charge on any atom is -0.479 e. The summed E-state index contributed by atoms with van der Waals surface area (Å²) in [6.45, 7) is 1.54. The molecule has 0 aromatic heterocycles. The number of ether oxygens (including phenoxy) is 1. The zero-order chi connectivity index (χ0) is 15.0. The zero-order valence-electron chi connectivity index (χ0n) is 11.0. The second-order valence-corrected chi connectivity index (χ2v) is 3.81. The minimum absolute atomic E-state index is 0.212. The van der Waals surface area contributed by atoms with Crippen LogP contribution in [0.15, 0.2) is 30.3 Å². The highest BCUT2D eigenvalue weighted by Crippen LogP contribution is 2.12. The van der Waals surface area contributed by atoms with E-state index in [-0.39, 0.29) is 13.2 Å². The third kappa shape index (κ3) is 4.97. The summed E-state index contributed by atoms with van der Waals surface area (Å²) in [5, 5.41) is 13.6. The van der Waals surface area contributed by atoms with Crippen LogP contribution >= 0.6 is 0 Å². The fourth-order valence-corrected chi connectivity index (χ4v) is 1.48. The van der Waals surface area contributed by atoms with E-state index in [9.17, 15) is 14.4 Å². The van der Waals surface area contributed by atoms with Crippen molar-refractivity contribution in [2.75, 3.05) is 13.2 Å². The summed E-state index contributed by atoms with van der Waals surface area (Å²) in [6, 6.07) is 6.32. The van der Waals surface area contributed by atoms with E-state index in [2.05, 4.69) is 15.4 Å². The smallest absolute Gasteiger partial charge is 0.330 e. The molecule has 1 aromatic rings. The molecule has 0 saturated carbocycles. The van der Waals surface area contributed by atoms with E-state index in [1.807, 2.05) is 0 Å². The maximum atomic E-state index is 11.5. The molecular formula is C13H16N2O5. The van der Waals surface area contributed by atoms with Crippen molar-refractivity contribution in [2.45, 2.75) is 13.0 Å². The fraction of sp³-hybridized carbons (Fsp3) is 0.308. The van der Waals surface area contributed by atoms with E-state index in [0.717, 1.165) is 0 Å². The average Bonchev–Trinajstić information content (AvgIpc) is 2.43. The second kappa shape index (κ2) is 7.78. The molecule has 0 bridgehead atoms. The molecular weight excluding hydrogens is 264 g/mol. The van der Waals surface area contributed by atoms with E-state index in [1.54, 1.807) is 37.3 Å². The number of carboxylic acid groups (broad SMARTS) is 1. The highest BCUT2D eigenvalue weighted by atomic mass is 16.5. The van der Waals surface area contributed by atoms with Crippen molar-refractivity contribution in [1.82, 2.24) is 10.6 Å². The summed E-state index contributed by atoms with van der Waals surface area (Å²) in [6.07, 6.45) is 0. The summed E-state index contributed by atoms with van der Waals surface area (Å²) in [5.41, 5.74) is 0.436. The van der Waals surface area contributed by atoms with Gasteiger partial charge >= 0.3 is 18.0 Å². The number of rotatable bonds is 6. The van der Waals surface area contributed by atoms with Gasteiger partial charge in [0.1, 0.15) is 6.54 Å². The molecule has 3 N–H and O–H groups in total. The Bertz CT molecular complexity index is 475. The van der Waals surface area contributed by atoms with Gasteiger partial charge in [-0.15, -0.1) is 0 Å². The molecule has 7 nitrogen and oxygen atoms in total. The fourth-order valence-electron chi connectivity index (χ4n) is 1.48. The highest BCUT2D eigenvalue weighted by Gasteiger charge is 2.21. The Morgan fingerprint density at radius 1 is 1.25 bits per heavy atom. The SMILES string of the molecule is CCOC(=O)CNC(=O)N[C@H](C(=O)O)c1ccccc1. The molecule has 0 aliphatic heterocycles. The van der Waals surface area contributed by atoms with Crippen LogP contribution in [0, 0.1) is 0 Å². The molecule has 0 fully saturated rings. The Morgan fingerprint density at radius 3 is 2.45 bits per heavy atom. The van der Waals surface area contributed by atoms with Gasteiger partial charge in [-0.05, 0) is 12.5 Å². The molecule has 0 unspecified atom stereocenters. The molecule has 0 aliphatic carbocycles. The van der Waals surface area contributed by atoms with Gasteiger partial charge in [-0.3, -0.25) is 4.79 Å². The van der Waals surface area contributed by atoms with Crippen LogP contribution < -0.4 is 10.6 Å². The maximum Gasteiger partial charge on any atom is 0.330 e. The van der Waals surface area contributed by atoms with Crippen LogP contribution in [0.1, 0.15) is 18.5 Å². The second-order valence-electron chi connectivity index (χ2n) is 3.81. The van der Waals surface area contributed by atoms with E-state index >= 15 is 0 Å². The topological polar surface area (TPSA) is 105 Å². The zero-order valence-corrected chi connectivity index (χ0v) is 11.0. The van der Waals surface area contributed by atoms with E-state index < -0.39 is 24.0 Å². The first-order valence-corrected chi connectivity index (χ1v) is 6.02.